The van der Waals surface area contributed by atoms with Gasteiger partial charge in [0.15, 0.2) is 0 Å². The van der Waals surface area contributed by atoms with Crippen molar-refractivity contribution in [2.45, 2.75) is 38.5 Å². The number of rotatable bonds is 3. The number of fused-ring (bicyclic) bond motifs is 1. The molecule has 4 rings (SSSR count). The Kier molecular flexibility index (Phi) is 3.43. The normalized spacial score (nSPS) is 25.7. The monoisotopic (exact) mass is 291 g/mol. The lowest BCUT2D eigenvalue weighted by Gasteiger charge is -2.35. The van der Waals surface area contributed by atoms with Crippen LogP contribution >= 0.6 is 0 Å². The molecule has 0 aromatic carbocycles. The molecule has 6 heteroatoms. The fraction of sp³-hybridized carbons (Fsp3) is 0.733. The van der Waals surface area contributed by atoms with Crippen LogP contribution in [0, 0.1) is 5.92 Å². The number of carbonyl (C=O) groups is 1. The Balaban J connectivity index is 1.52. The minimum atomic E-state index is 0.0471. The highest BCUT2D eigenvalue weighted by Gasteiger charge is 2.34. The molecule has 3 aliphatic rings. The standard InChI is InChI=1S/C15H21N3O3/c19-15(13-8-17-3-5-21-10-14(17)16-13)18-4-6-20-9-12(18)7-11-1-2-11/h8,11-12H,1-7,9-10H2. The highest BCUT2D eigenvalue weighted by atomic mass is 16.5. The van der Waals surface area contributed by atoms with Crippen LogP contribution in [0.15, 0.2) is 6.20 Å². The molecule has 1 unspecified atom stereocenters. The SMILES string of the molecule is O=C(c1cn2c(n1)COCC2)N1CCOCC1CC1CC1. The lowest BCUT2D eigenvalue weighted by molar-refractivity contribution is -0.00598. The van der Waals surface area contributed by atoms with E-state index in [-0.39, 0.29) is 11.9 Å². The first-order valence-electron chi connectivity index (χ1n) is 7.84. The smallest absolute Gasteiger partial charge is 0.274 e. The molecule has 0 radical (unpaired) electrons. The molecule has 1 atom stereocenters. The number of carbonyl (C=O) groups excluding carboxylic acids is 1. The first-order valence-corrected chi connectivity index (χ1v) is 7.84. The molecule has 0 bridgehead atoms. The van der Waals surface area contributed by atoms with E-state index in [4.69, 9.17) is 9.47 Å². The second-order valence-corrected chi connectivity index (χ2v) is 6.19. The maximum atomic E-state index is 12.8. The Bertz CT molecular complexity index is 515. The molecule has 21 heavy (non-hydrogen) atoms. The van der Waals surface area contributed by atoms with Gasteiger partial charge in [0, 0.05) is 19.3 Å². The fourth-order valence-corrected chi connectivity index (χ4v) is 3.20. The van der Waals surface area contributed by atoms with Crippen LogP contribution in [0.1, 0.15) is 35.6 Å². The summed E-state index contributed by atoms with van der Waals surface area (Å²) in [6.45, 7) is 3.95. The molecule has 2 aliphatic heterocycles. The van der Waals surface area contributed by atoms with Crippen LogP contribution in [0.2, 0.25) is 0 Å². The molecule has 1 aliphatic carbocycles. The average molecular weight is 291 g/mol. The largest absolute Gasteiger partial charge is 0.377 e. The summed E-state index contributed by atoms with van der Waals surface area (Å²) in [4.78, 5) is 19.2. The van der Waals surface area contributed by atoms with Crippen molar-refractivity contribution < 1.29 is 14.3 Å². The predicted molar refractivity (Wildman–Crippen MR) is 74.9 cm³/mol. The third-order valence-electron chi connectivity index (χ3n) is 4.58. The zero-order chi connectivity index (χ0) is 14.2. The Morgan fingerprint density at radius 1 is 1.29 bits per heavy atom. The maximum absolute atomic E-state index is 12.8. The van der Waals surface area contributed by atoms with Gasteiger partial charge in [-0.3, -0.25) is 4.79 Å². The van der Waals surface area contributed by atoms with E-state index in [2.05, 4.69) is 4.98 Å². The Morgan fingerprint density at radius 2 is 2.14 bits per heavy atom. The predicted octanol–water partition coefficient (Wildman–Crippen LogP) is 1.05. The summed E-state index contributed by atoms with van der Waals surface area (Å²) < 4.78 is 13.0. The molecular formula is C15H21N3O3. The van der Waals surface area contributed by atoms with E-state index in [9.17, 15) is 4.79 Å². The second kappa shape index (κ2) is 5.42. The molecule has 6 nitrogen and oxygen atoms in total. The van der Waals surface area contributed by atoms with Gasteiger partial charge in [-0.2, -0.15) is 0 Å². The summed E-state index contributed by atoms with van der Waals surface area (Å²) in [7, 11) is 0. The molecule has 0 spiro atoms. The maximum Gasteiger partial charge on any atom is 0.274 e. The highest BCUT2D eigenvalue weighted by molar-refractivity contribution is 5.92. The zero-order valence-corrected chi connectivity index (χ0v) is 12.2. The first-order chi connectivity index (χ1) is 10.3. The zero-order valence-electron chi connectivity index (χ0n) is 12.2. The van der Waals surface area contributed by atoms with Gasteiger partial charge in [-0.1, -0.05) is 12.8 Å². The molecule has 1 aromatic heterocycles. The molecule has 114 valence electrons. The van der Waals surface area contributed by atoms with Crippen molar-refractivity contribution in [2.75, 3.05) is 26.4 Å². The van der Waals surface area contributed by atoms with Crippen LogP contribution in [0.25, 0.3) is 0 Å². The summed E-state index contributed by atoms with van der Waals surface area (Å²) in [5.74, 6) is 1.69. The number of morpholine rings is 1. The van der Waals surface area contributed by atoms with Gasteiger partial charge in [-0.15, -0.1) is 0 Å². The van der Waals surface area contributed by atoms with Gasteiger partial charge < -0.3 is 18.9 Å². The van der Waals surface area contributed by atoms with E-state index >= 15 is 0 Å². The molecular weight excluding hydrogens is 270 g/mol. The summed E-state index contributed by atoms with van der Waals surface area (Å²) in [5.41, 5.74) is 0.554. The van der Waals surface area contributed by atoms with Gasteiger partial charge in [-0.25, -0.2) is 4.98 Å². The molecule has 0 N–H and O–H groups in total. The highest BCUT2D eigenvalue weighted by Crippen LogP contribution is 2.35. The van der Waals surface area contributed by atoms with Crippen molar-refractivity contribution in [3.05, 3.63) is 17.7 Å². The van der Waals surface area contributed by atoms with Gasteiger partial charge in [0.25, 0.3) is 5.91 Å². The van der Waals surface area contributed by atoms with Crippen molar-refractivity contribution in [1.29, 1.82) is 0 Å². The van der Waals surface area contributed by atoms with E-state index in [0.717, 1.165) is 24.7 Å². The Labute approximate surface area is 124 Å². The number of hydrogen-bond donors (Lipinski definition) is 0. The summed E-state index contributed by atoms with van der Waals surface area (Å²) in [6, 6.07) is 0.216. The fourth-order valence-electron chi connectivity index (χ4n) is 3.20. The number of hydrogen-bond acceptors (Lipinski definition) is 4. The third kappa shape index (κ3) is 2.70. The van der Waals surface area contributed by atoms with Gasteiger partial charge in [0.05, 0.1) is 25.9 Å². The summed E-state index contributed by atoms with van der Waals surface area (Å²) >= 11 is 0. The number of amides is 1. The number of aromatic nitrogens is 2. The minimum absolute atomic E-state index is 0.0471. The number of ether oxygens (including phenoxy) is 2. The summed E-state index contributed by atoms with van der Waals surface area (Å²) in [6.07, 6.45) is 5.55. The van der Waals surface area contributed by atoms with E-state index in [1.807, 2.05) is 15.7 Å². The molecule has 1 saturated heterocycles. The van der Waals surface area contributed by atoms with Gasteiger partial charge >= 0.3 is 0 Å². The van der Waals surface area contributed by atoms with Crippen LogP contribution in [0.3, 0.4) is 0 Å². The van der Waals surface area contributed by atoms with Crippen molar-refractivity contribution in [3.8, 4) is 0 Å². The molecule has 3 heterocycles. The second-order valence-electron chi connectivity index (χ2n) is 6.19. The van der Waals surface area contributed by atoms with Crippen LogP contribution in [-0.2, 0) is 22.6 Å². The van der Waals surface area contributed by atoms with Crippen molar-refractivity contribution in [2.24, 2.45) is 5.92 Å². The van der Waals surface area contributed by atoms with Crippen molar-refractivity contribution >= 4 is 5.91 Å². The van der Waals surface area contributed by atoms with E-state index < -0.39 is 0 Å². The van der Waals surface area contributed by atoms with E-state index in [1.54, 1.807) is 0 Å². The van der Waals surface area contributed by atoms with Crippen LogP contribution in [-0.4, -0.2) is 52.8 Å². The third-order valence-corrected chi connectivity index (χ3v) is 4.58. The van der Waals surface area contributed by atoms with Gasteiger partial charge in [0.1, 0.15) is 18.1 Å². The van der Waals surface area contributed by atoms with Crippen LogP contribution in [0.5, 0.6) is 0 Å². The molecule has 1 saturated carbocycles. The number of nitrogens with zero attached hydrogens (tertiary/aromatic N) is 3. The van der Waals surface area contributed by atoms with Gasteiger partial charge in [-0.05, 0) is 12.3 Å². The number of imidazole rings is 1. The van der Waals surface area contributed by atoms with Crippen LogP contribution in [0.4, 0.5) is 0 Å². The van der Waals surface area contributed by atoms with Crippen molar-refractivity contribution in [1.82, 2.24) is 14.5 Å². The van der Waals surface area contributed by atoms with Crippen molar-refractivity contribution in [3.63, 3.8) is 0 Å². The quantitative estimate of drug-likeness (QED) is 0.835. The van der Waals surface area contributed by atoms with Crippen LogP contribution < -0.4 is 0 Å². The van der Waals surface area contributed by atoms with E-state index in [1.165, 1.54) is 12.8 Å². The Morgan fingerprint density at radius 3 is 2.95 bits per heavy atom. The lowest BCUT2D eigenvalue weighted by atomic mass is 10.1. The Hall–Kier alpha value is -1.40. The topological polar surface area (TPSA) is 56.6 Å². The first kappa shape index (κ1) is 13.3. The van der Waals surface area contributed by atoms with E-state index in [0.29, 0.717) is 38.7 Å². The molecule has 1 aromatic rings. The lowest BCUT2D eigenvalue weighted by Crippen LogP contribution is -2.49. The minimum Gasteiger partial charge on any atom is -0.377 e. The molecule has 2 fully saturated rings. The summed E-state index contributed by atoms with van der Waals surface area (Å²) in [5, 5.41) is 0. The average Bonchev–Trinajstić information content (AvgIpc) is 3.22. The van der Waals surface area contributed by atoms with Gasteiger partial charge in [0.2, 0.25) is 0 Å². The molecule has 1 amide bonds.